The molecule has 0 saturated heterocycles. The summed E-state index contributed by atoms with van der Waals surface area (Å²) in [5.41, 5.74) is 2.45. The summed E-state index contributed by atoms with van der Waals surface area (Å²) in [6.07, 6.45) is 6.48. The molecule has 0 saturated carbocycles. The van der Waals surface area contributed by atoms with Crippen LogP contribution >= 0.6 is 0 Å². The van der Waals surface area contributed by atoms with Crippen LogP contribution in [0.3, 0.4) is 0 Å². The second kappa shape index (κ2) is 11.5. The van der Waals surface area contributed by atoms with E-state index < -0.39 is 0 Å². The van der Waals surface area contributed by atoms with Gasteiger partial charge in [0.2, 0.25) is 5.75 Å². The van der Waals surface area contributed by atoms with Gasteiger partial charge in [0.15, 0.2) is 28.8 Å². The normalized spacial score (nSPS) is 11.0. The highest BCUT2D eigenvalue weighted by molar-refractivity contribution is 6.04. The summed E-state index contributed by atoms with van der Waals surface area (Å²) >= 11 is 0. The Balaban J connectivity index is 1.90. The van der Waals surface area contributed by atoms with Crippen LogP contribution in [0, 0.1) is 0 Å². The number of hydrogen-bond donors (Lipinski definition) is 3. The molecule has 3 rings (SSSR count). The third kappa shape index (κ3) is 6.05. The number of benzene rings is 3. The summed E-state index contributed by atoms with van der Waals surface area (Å²) in [7, 11) is 6.07. The first-order valence-corrected chi connectivity index (χ1v) is 10.6. The molecule has 0 bridgehead atoms. The molecule has 3 aromatic rings. The quantitative estimate of drug-likeness (QED) is 0.160. The summed E-state index contributed by atoms with van der Waals surface area (Å²) in [6, 6.07) is 12.7. The zero-order valence-corrected chi connectivity index (χ0v) is 19.9. The van der Waals surface area contributed by atoms with Gasteiger partial charge in [0, 0.05) is 35.2 Å². The van der Waals surface area contributed by atoms with Crippen molar-refractivity contribution in [3.05, 3.63) is 77.5 Å². The maximum atomic E-state index is 12.4. The molecule has 0 amide bonds. The molecule has 0 atom stereocenters. The molecule has 182 valence electrons. The lowest BCUT2D eigenvalue weighted by Crippen LogP contribution is -1.98. The maximum Gasteiger partial charge on any atom is 0.203 e. The van der Waals surface area contributed by atoms with E-state index >= 15 is 0 Å². The van der Waals surface area contributed by atoms with Gasteiger partial charge in [-0.1, -0.05) is 12.2 Å². The Labute approximate surface area is 203 Å². The highest BCUT2D eigenvalue weighted by Crippen LogP contribution is 2.39. The number of carbonyl (C=O) groups excluding carboxylic acids is 1. The van der Waals surface area contributed by atoms with Crippen LogP contribution in [0.1, 0.15) is 21.5 Å². The smallest absolute Gasteiger partial charge is 0.203 e. The van der Waals surface area contributed by atoms with Crippen molar-refractivity contribution in [1.29, 1.82) is 0 Å². The zero-order chi connectivity index (χ0) is 25.4. The third-order valence-corrected chi connectivity index (χ3v) is 5.12. The van der Waals surface area contributed by atoms with Crippen molar-refractivity contribution in [3.8, 4) is 34.5 Å². The SMILES string of the molecule is COc1cc(NC=CC(=O)c2ccc(O)cc2)c(C=Cc2cc(OC)c(OC)c(OC)c2)cc1O. The first-order valence-electron chi connectivity index (χ1n) is 10.6. The molecule has 8 nitrogen and oxygen atoms in total. The summed E-state index contributed by atoms with van der Waals surface area (Å²) in [4.78, 5) is 12.4. The number of phenols is 2. The van der Waals surface area contributed by atoms with E-state index in [4.69, 9.17) is 18.9 Å². The Morgan fingerprint density at radius 1 is 0.800 bits per heavy atom. The van der Waals surface area contributed by atoms with Gasteiger partial charge in [-0.15, -0.1) is 0 Å². The molecule has 0 aliphatic carbocycles. The number of nitrogens with one attached hydrogen (secondary N) is 1. The van der Waals surface area contributed by atoms with Crippen molar-refractivity contribution in [1.82, 2.24) is 0 Å². The number of allylic oxidation sites excluding steroid dienone is 1. The van der Waals surface area contributed by atoms with E-state index in [1.807, 2.05) is 6.08 Å². The Bertz CT molecular complexity index is 1220. The number of ketones is 1. The van der Waals surface area contributed by atoms with E-state index in [-0.39, 0.29) is 23.0 Å². The Kier molecular flexibility index (Phi) is 8.24. The molecule has 0 fully saturated rings. The number of carbonyl (C=O) groups is 1. The average Bonchev–Trinajstić information content (AvgIpc) is 2.87. The fourth-order valence-corrected chi connectivity index (χ4v) is 3.32. The first kappa shape index (κ1) is 25.0. The van der Waals surface area contributed by atoms with Gasteiger partial charge in [0.05, 0.1) is 28.4 Å². The first-order chi connectivity index (χ1) is 16.9. The summed E-state index contributed by atoms with van der Waals surface area (Å²) in [5, 5.41) is 22.7. The number of anilines is 1. The van der Waals surface area contributed by atoms with Crippen LogP contribution in [0.15, 0.2) is 60.8 Å². The monoisotopic (exact) mass is 477 g/mol. The molecule has 0 aliphatic heterocycles. The molecule has 0 radical (unpaired) electrons. The minimum atomic E-state index is -0.238. The molecular formula is C27H27NO7. The van der Waals surface area contributed by atoms with Gasteiger partial charge in [0.25, 0.3) is 0 Å². The van der Waals surface area contributed by atoms with E-state index in [2.05, 4.69) is 5.32 Å². The number of phenolic OH excluding ortho intramolecular Hbond substituents is 2. The lowest BCUT2D eigenvalue weighted by Gasteiger charge is -2.13. The molecule has 0 aromatic heterocycles. The standard InChI is InChI=1S/C27H27NO7/c1-32-24-16-21(28-12-11-22(30)18-7-9-20(29)10-8-18)19(15-23(24)31)6-5-17-13-25(33-2)27(35-4)26(14-17)34-3/h5-16,28-29,31H,1-4H3. The van der Waals surface area contributed by atoms with Crippen molar-refractivity contribution >= 4 is 23.6 Å². The van der Waals surface area contributed by atoms with Crippen LogP contribution in [-0.2, 0) is 0 Å². The highest BCUT2D eigenvalue weighted by atomic mass is 16.5. The van der Waals surface area contributed by atoms with E-state index in [1.165, 1.54) is 50.8 Å². The molecule has 3 aromatic carbocycles. The average molecular weight is 478 g/mol. The second-order valence-corrected chi connectivity index (χ2v) is 7.29. The number of aromatic hydroxyl groups is 2. The van der Waals surface area contributed by atoms with E-state index in [0.717, 1.165) is 5.56 Å². The summed E-state index contributed by atoms with van der Waals surface area (Å²) in [6.45, 7) is 0. The maximum absolute atomic E-state index is 12.4. The van der Waals surface area contributed by atoms with Crippen molar-refractivity contribution in [2.45, 2.75) is 0 Å². The Morgan fingerprint density at radius 3 is 2.00 bits per heavy atom. The van der Waals surface area contributed by atoms with Crippen molar-refractivity contribution in [2.24, 2.45) is 0 Å². The minimum absolute atomic E-state index is 0.0354. The topological polar surface area (TPSA) is 106 Å². The molecule has 0 heterocycles. The lowest BCUT2D eigenvalue weighted by molar-refractivity contribution is 0.104. The van der Waals surface area contributed by atoms with Crippen molar-refractivity contribution in [3.63, 3.8) is 0 Å². The lowest BCUT2D eigenvalue weighted by atomic mass is 10.1. The third-order valence-electron chi connectivity index (χ3n) is 5.12. The van der Waals surface area contributed by atoms with Gasteiger partial charge in [0.1, 0.15) is 5.75 Å². The number of rotatable bonds is 10. The predicted octanol–water partition coefficient (Wildman–Crippen LogP) is 5.11. The van der Waals surface area contributed by atoms with E-state index in [0.29, 0.717) is 34.1 Å². The van der Waals surface area contributed by atoms with Gasteiger partial charge in [-0.05, 0) is 48.0 Å². The molecule has 8 heteroatoms. The Hall–Kier alpha value is -4.59. The zero-order valence-electron chi connectivity index (χ0n) is 19.9. The largest absolute Gasteiger partial charge is 0.508 e. The van der Waals surface area contributed by atoms with Crippen molar-refractivity contribution in [2.75, 3.05) is 33.8 Å². The number of ether oxygens (including phenoxy) is 4. The van der Waals surface area contributed by atoms with Crippen molar-refractivity contribution < 1.29 is 34.0 Å². The molecular weight excluding hydrogens is 450 g/mol. The van der Waals surface area contributed by atoms with Gasteiger partial charge in [-0.2, -0.15) is 0 Å². The summed E-state index contributed by atoms with van der Waals surface area (Å²) < 4.78 is 21.4. The fourth-order valence-electron chi connectivity index (χ4n) is 3.32. The van der Waals surface area contributed by atoms with Crippen LogP contribution in [-0.4, -0.2) is 44.4 Å². The van der Waals surface area contributed by atoms with Gasteiger partial charge < -0.3 is 34.5 Å². The fraction of sp³-hybridized carbons (Fsp3) is 0.148. The van der Waals surface area contributed by atoms with Crippen LogP contribution in [0.25, 0.3) is 12.2 Å². The van der Waals surface area contributed by atoms with Gasteiger partial charge in [-0.3, -0.25) is 4.79 Å². The number of methoxy groups -OCH3 is 4. The van der Waals surface area contributed by atoms with Crippen LogP contribution in [0.2, 0.25) is 0 Å². The minimum Gasteiger partial charge on any atom is -0.508 e. The molecule has 0 aliphatic rings. The van der Waals surface area contributed by atoms with E-state index in [9.17, 15) is 15.0 Å². The van der Waals surface area contributed by atoms with E-state index in [1.54, 1.807) is 44.6 Å². The molecule has 0 spiro atoms. The van der Waals surface area contributed by atoms with Gasteiger partial charge >= 0.3 is 0 Å². The number of hydrogen-bond acceptors (Lipinski definition) is 8. The molecule has 0 unspecified atom stereocenters. The Morgan fingerprint density at radius 2 is 1.43 bits per heavy atom. The van der Waals surface area contributed by atoms with Gasteiger partial charge in [-0.25, -0.2) is 0 Å². The predicted molar refractivity (Wildman–Crippen MR) is 135 cm³/mol. The van der Waals surface area contributed by atoms with Crippen LogP contribution < -0.4 is 24.3 Å². The van der Waals surface area contributed by atoms with Crippen LogP contribution in [0.4, 0.5) is 5.69 Å². The molecule has 3 N–H and O–H groups in total. The highest BCUT2D eigenvalue weighted by Gasteiger charge is 2.13. The molecule has 35 heavy (non-hydrogen) atoms. The van der Waals surface area contributed by atoms with Crippen LogP contribution in [0.5, 0.6) is 34.5 Å². The summed E-state index contributed by atoms with van der Waals surface area (Å²) in [5.74, 6) is 1.60. The second-order valence-electron chi connectivity index (χ2n) is 7.29.